The number of rotatable bonds is 8. The Bertz CT molecular complexity index is 1000. The number of carbonyl (C=O) groups excluding carboxylic acids is 1. The number of aryl methyl sites for hydroxylation is 1. The van der Waals surface area contributed by atoms with Crippen LogP contribution in [0.25, 0.3) is 11.4 Å². The Morgan fingerprint density at radius 2 is 1.90 bits per heavy atom. The molecule has 7 nitrogen and oxygen atoms in total. The Labute approximate surface area is 175 Å². The van der Waals surface area contributed by atoms with Crippen molar-refractivity contribution in [2.75, 3.05) is 27.3 Å². The largest absolute Gasteiger partial charge is 0.493 e. The molecule has 1 fully saturated rings. The van der Waals surface area contributed by atoms with E-state index in [1.54, 1.807) is 20.3 Å². The smallest absolute Gasteiger partial charge is 0.232 e. The van der Waals surface area contributed by atoms with Gasteiger partial charge in [0.15, 0.2) is 11.5 Å². The normalized spacial score (nSPS) is 16.1. The molecule has 2 aromatic carbocycles. The van der Waals surface area contributed by atoms with E-state index < -0.39 is 0 Å². The van der Waals surface area contributed by atoms with Crippen molar-refractivity contribution in [2.45, 2.75) is 25.2 Å². The maximum atomic E-state index is 12.4. The van der Waals surface area contributed by atoms with Gasteiger partial charge in [0.2, 0.25) is 17.6 Å². The van der Waals surface area contributed by atoms with Gasteiger partial charge in [0.05, 0.1) is 20.1 Å². The second kappa shape index (κ2) is 8.98. The van der Waals surface area contributed by atoms with Crippen molar-refractivity contribution in [3.63, 3.8) is 0 Å². The van der Waals surface area contributed by atoms with Crippen LogP contribution in [0.3, 0.4) is 0 Å². The summed E-state index contributed by atoms with van der Waals surface area (Å²) in [5.74, 6) is 2.27. The van der Waals surface area contributed by atoms with Crippen LogP contribution in [0.5, 0.6) is 11.5 Å². The number of nitrogens with zero attached hydrogens (tertiary/aromatic N) is 3. The molecule has 4 rings (SSSR count). The highest BCUT2D eigenvalue weighted by molar-refractivity contribution is 5.79. The highest BCUT2D eigenvalue weighted by Crippen LogP contribution is 2.33. The van der Waals surface area contributed by atoms with E-state index in [0.717, 1.165) is 24.9 Å². The van der Waals surface area contributed by atoms with Crippen LogP contribution in [-0.2, 0) is 11.2 Å². The van der Waals surface area contributed by atoms with Crippen molar-refractivity contribution in [3.05, 3.63) is 60.0 Å². The fraction of sp³-hybridized carbons (Fsp3) is 0.348. The van der Waals surface area contributed by atoms with Gasteiger partial charge < -0.3 is 18.9 Å². The number of likely N-dealkylation sites (tertiary alicyclic amines) is 1. The Morgan fingerprint density at radius 3 is 2.67 bits per heavy atom. The lowest BCUT2D eigenvalue weighted by Gasteiger charge is -2.15. The quantitative estimate of drug-likeness (QED) is 0.567. The number of amides is 1. The predicted molar refractivity (Wildman–Crippen MR) is 112 cm³/mol. The zero-order chi connectivity index (χ0) is 20.9. The summed E-state index contributed by atoms with van der Waals surface area (Å²) in [6.45, 7) is 1.35. The number of aromatic nitrogens is 2. The molecule has 0 aliphatic carbocycles. The average Bonchev–Trinajstić information content (AvgIpc) is 3.41. The summed E-state index contributed by atoms with van der Waals surface area (Å²) < 4.78 is 16.1. The monoisotopic (exact) mass is 407 g/mol. The molecule has 1 aliphatic rings. The number of benzene rings is 2. The number of ether oxygens (including phenoxy) is 2. The Kier molecular flexibility index (Phi) is 5.97. The van der Waals surface area contributed by atoms with Crippen LogP contribution in [0.1, 0.15) is 30.2 Å². The highest BCUT2D eigenvalue weighted by Gasteiger charge is 2.34. The first kappa shape index (κ1) is 19.9. The molecule has 30 heavy (non-hydrogen) atoms. The number of carbonyl (C=O) groups is 1. The Balaban J connectivity index is 1.38. The first-order chi connectivity index (χ1) is 14.7. The van der Waals surface area contributed by atoms with E-state index in [9.17, 15) is 4.79 Å². The lowest BCUT2D eigenvalue weighted by atomic mass is 10.1. The molecular weight excluding hydrogens is 382 g/mol. The van der Waals surface area contributed by atoms with Gasteiger partial charge in [0.25, 0.3) is 0 Å². The summed E-state index contributed by atoms with van der Waals surface area (Å²) in [6.07, 6.45) is 2.29. The molecule has 1 aliphatic heterocycles. The SMILES string of the molecule is COc1ccc(-c2noc(C3CC(=O)N(CCCc4ccccc4)C3)n2)cc1OC. The third kappa shape index (κ3) is 4.30. The molecule has 0 saturated carbocycles. The van der Waals surface area contributed by atoms with Gasteiger partial charge in [-0.05, 0) is 36.6 Å². The minimum Gasteiger partial charge on any atom is -0.493 e. The van der Waals surface area contributed by atoms with Crippen molar-refractivity contribution in [1.29, 1.82) is 0 Å². The number of hydrogen-bond donors (Lipinski definition) is 0. The van der Waals surface area contributed by atoms with Crippen molar-refractivity contribution >= 4 is 5.91 Å². The van der Waals surface area contributed by atoms with Crippen molar-refractivity contribution in [2.24, 2.45) is 0 Å². The number of hydrogen-bond acceptors (Lipinski definition) is 6. The molecule has 1 unspecified atom stereocenters. The zero-order valence-electron chi connectivity index (χ0n) is 17.2. The minimum absolute atomic E-state index is 0.0735. The van der Waals surface area contributed by atoms with Crippen LogP contribution >= 0.6 is 0 Å². The first-order valence-corrected chi connectivity index (χ1v) is 10.1. The summed E-state index contributed by atoms with van der Waals surface area (Å²) in [4.78, 5) is 18.9. The maximum Gasteiger partial charge on any atom is 0.232 e. The fourth-order valence-electron chi connectivity index (χ4n) is 3.77. The first-order valence-electron chi connectivity index (χ1n) is 10.1. The highest BCUT2D eigenvalue weighted by atomic mass is 16.5. The maximum absolute atomic E-state index is 12.4. The summed E-state index contributed by atoms with van der Waals surface area (Å²) in [6, 6.07) is 15.8. The van der Waals surface area contributed by atoms with Crippen LogP contribution in [-0.4, -0.2) is 48.3 Å². The van der Waals surface area contributed by atoms with Gasteiger partial charge in [-0.15, -0.1) is 0 Å². The molecular formula is C23H25N3O4. The standard InChI is InChI=1S/C23H25N3O4/c1-28-19-11-10-17(13-20(19)29-2)22-24-23(30-25-22)18-14-21(27)26(15-18)12-6-9-16-7-4-3-5-8-16/h3-5,7-8,10-11,13,18H,6,9,12,14-15H2,1-2H3. The summed E-state index contributed by atoms with van der Waals surface area (Å²) in [5.41, 5.74) is 2.06. The summed E-state index contributed by atoms with van der Waals surface area (Å²) in [5, 5.41) is 4.10. The van der Waals surface area contributed by atoms with Gasteiger partial charge in [0, 0.05) is 25.1 Å². The second-order valence-electron chi connectivity index (χ2n) is 7.36. The van der Waals surface area contributed by atoms with Gasteiger partial charge in [0.1, 0.15) is 0 Å². The molecule has 7 heteroatoms. The molecule has 1 saturated heterocycles. The average molecular weight is 407 g/mol. The molecule has 1 aromatic heterocycles. The zero-order valence-corrected chi connectivity index (χ0v) is 17.2. The fourth-order valence-corrected chi connectivity index (χ4v) is 3.77. The van der Waals surface area contributed by atoms with Crippen LogP contribution < -0.4 is 9.47 Å². The van der Waals surface area contributed by atoms with Gasteiger partial charge in [-0.1, -0.05) is 35.5 Å². The Morgan fingerprint density at radius 1 is 1.10 bits per heavy atom. The summed E-state index contributed by atoms with van der Waals surface area (Å²) >= 11 is 0. The molecule has 0 spiro atoms. The van der Waals surface area contributed by atoms with Crippen LogP contribution in [0.4, 0.5) is 0 Å². The van der Waals surface area contributed by atoms with E-state index in [-0.39, 0.29) is 11.8 Å². The minimum atomic E-state index is -0.0735. The van der Waals surface area contributed by atoms with Crippen molar-refractivity contribution in [3.8, 4) is 22.9 Å². The predicted octanol–water partition coefficient (Wildman–Crippen LogP) is 3.70. The third-order valence-electron chi connectivity index (χ3n) is 5.38. The van der Waals surface area contributed by atoms with E-state index >= 15 is 0 Å². The molecule has 2 heterocycles. The van der Waals surface area contributed by atoms with E-state index in [4.69, 9.17) is 14.0 Å². The molecule has 0 radical (unpaired) electrons. The Hall–Kier alpha value is -3.35. The number of methoxy groups -OCH3 is 2. The van der Waals surface area contributed by atoms with Gasteiger partial charge in [-0.3, -0.25) is 4.79 Å². The summed E-state index contributed by atoms with van der Waals surface area (Å²) in [7, 11) is 3.17. The van der Waals surface area contributed by atoms with Crippen LogP contribution in [0.15, 0.2) is 53.1 Å². The molecule has 3 aromatic rings. The second-order valence-corrected chi connectivity index (χ2v) is 7.36. The van der Waals surface area contributed by atoms with Crippen LogP contribution in [0, 0.1) is 0 Å². The van der Waals surface area contributed by atoms with Gasteiger partial charge >= 0.3 is 0 Å². The molecule has 0 bridgehead atoms. The molecule has 1 amide bonds. The third-order valence-corrected chi connectivity index (χ3v) is 5.38. The molecule has 156 valence electrons. The van der Waals surface area contributed by atoms with Gasteiger partial charge in [-0.25, -0.2) is 0 Å². The molecule has 0 N–H and O–H groups in total. The van der Waals surface area contributed by atoms with Crippen LogP contribution in [0.2, 0.25) is 0 Å². The van der Waals surface area contributed by atoms with E-state index in [2.05, 4.69) is 22.3 Å². The lowest BCUT2D eigenvalue weighted by molar-refractivity contribution is -0.127. The van der Waals surface area contributed by atoms with E-state index in [1.807, 2.05) is 35.2 Å². The topological polar surface area (TPSA) is 77.7 Å². The van der Waals surface area contributed by atoms with Crippen molar-refractivity contribution < 1.29 is 18.8 Å². The van der Waals surface area contributed by atoms with E-state index in [1.165, 1.54) is 5.56 Å². The lowest BCUT2D eigenvalue weighted by Crippen LogP contribution is -2.26. The molecule has 1 atom stereocenters. The van der Waals surface area contributed by atoms with E-state index in [0.29, 0.717) is 36.2 Å². The van der Waals surface area contributed by atoms with Gasteiger partial charge in [-0.2, -0.15) is 4.98 Å². The van der Waals surface area contributed by atoms with Crippen molar-refractivity contribution in [1.82, 2.24) is 15.0 Å².